The third kappa shape index (κ3) is 6.29. The van der Waals surface area contributed by atoms with Crippen molar-refractivity contribution in [3.05, 3.63) is 0 Å². The number of hydrogen-bond acceptors (Lipinski definition) is 3. The molecule has 0 heterocycles. The average Bonchev–Trinajstić information content (AvgIpc) is 2.09. The van der Waals surface area contributed by atoms with E-state index in [-0.39, 0.29) is 23.7 Å². The van der Waals surface area contributed by atoms with Gasteiger partial charge in [-0.25, -0.2) is 4.79 Å². The summed E-state index contributed by atoms with van der Waals surface area (Å²) in [6.07, 6.45) is 0. The van der Waals surface area contributed by atoms with Crippen LogP contribution in [0.25, 0.3) is 0 Å². The predicted molar refractivity (Wildman–Crippen MR) is 67.5 cm³/mol. The van der Waals surface area contributed by atoms with Gasteiger partial charge in [0.05, 0.1) is 0 Å². The van der Waals surface area contributed by atoms with Crippen LogP contribution in [-0.2, 0) is 14.3 Å². The number of carbonyl (C=O) groups excluding carboxylic acids is 2. The van der Waals surface area contributed by atoms with Crippen LogP contribution < -0.4 is 5.32 Å². The number of nitrogens with one attached hydrogen (secondary N) is 1. The van der Waals surface area contributed by atoms with Gasteiger partial charge in [-0.1, -0.05) is 27.7 Å². The maximum Gasteiger partial charge on any atom is 0.329 e. The highest BCUT2D eigenvalue weighted by atomic mass is 16.6. The minimum Gasteiger partial charge on any atom is -0.458 e. The van der Waals surface area contributed by atoms with Crippen LogP contribution in [-0.4, -0.2) is 23.5 Å². The zero-order valence-electron chi connectivity index (χ0n) is 12.0. The summed E-state index contributed by atoms with van der Waals surface area (Å²) >= 11 is 0. The third-order valence-electron chi connectivity index (χ3n) is 2.15. The van der Waals surface area contributed by atoms with Gasteiger partial charge in [-0.05, 0) is 26.7 Å². The van der Waals surface area contributed by atoms with Crippen molar-refractivity contribution < 1.29 is 14.3 Å². The fourth-order valence-corrected chi connectivity index (χ4v) is 1.18. The van der Waals surface area contributed by atoms with E-state index in [0.717, 1.165) is 0 Å². The summed E-state index contributed by atoms with van der Waals surface area (Å²) in [4.78, 5) is 23.5. The van der Waals surface area contributed by atoms with Crippen molar-refractivity contribution >= 4 is 11.9 Å². The van der Waals surface area contributed by atoms with E-state index in [4.69, 9.17) is 4.74 Å². The molecule has 0 aromatic carbocycles. The summed E-state index contributed by atoms with van der Waals surface area (Å²) in [7, 11) is 0. The highest BCUT2D eigenvalue weighted by molar-refractivity contribution is 5.85. The van der Waals surface area contributed by atoms with E-state index in [1.807, 2.05) is 34.6 Å². The fourth-order valence-electron chi connectivity index (χ4n) is 1.18. The van der Waals surface area contributed by atoms with E-state index in [0.29, 0.717) is 0 Å². The lowest BCUT2D eigenvalue weighted by atomic mass is 10.0. The Bertz CT molecular complexity index is 277. The summed E-state index contributed by atoms with van der Waals surface area (Å²) in [5.41, 5.74) is -0.535. The first-order valence-corrected chi connectivity index (χ1v) is 6.08. The minimum absolute atomic E-state index is 0.00699. The molecule has 0 rings (SSSR count). The number of amides is 1. The van der Waals surface area contributed by atoms with Crippen LogP contribution in [0.5, 0.6) is 0 Å². The molecule has 17 heavy (non-hydrogen) atoms. The van der Waals surface area contributed by atoms with Gasteiger partial charge >= 0.3 is 5.97 Å². The Hall–Kier alpha value is -1.06. The van der Waals surface area contributed by atoms with Crippen molar-refractivity contribution in [2.45, 2.75) is 60.1 Å². The van der Waals surface area contributed by atoms with Crippen LogP contribution >= 0.6 is 0 Å². The van der Waals surface area contributed by atoms with Crippen LogP contribution in [0.2, 0.25) is 0 Å². The van der Waals surface area contributed by atoms with Gasteiger partial charge in [0, 0.05) is 5.92 Å². The Morgan fingerprint density at radius 3 is 1.82 bits per heavy atom. The topological polar surface area (TPSA) is 55.4 Å². The maximum absolute atomic E-state index is 11.9. The molecule has 1 atom stereocenters. The Balaban J connectivity index is 4.64. The Morgan fingerprint density at radius 1 is 1.06 bits per heavy atom. The number of rotatable bonds is 4. The molecule has 0 aromatic rings. The van der Waals surface area contributed by atoms with Crippen molar-refractivity contribution in [2.24, 2.45) is 11.8 Å². The molecule has 0 aliphatic rings. The van der Waals surface area contributed by atoms with E-state index < -0.39 is 11.6 Å². The van der Waals surface area contributed by atoms with E-state index in [1.54, 1.807) is 13.8 Å². The normalized spacial score (nSPS) is 13.7. The van der Waals surface area contributed by atoms with Gasteiger partial charge in [-0.3, -0.25) is 4.79 Å². The second-order valence-electron chi connectivity index (χ2n) is 5.92. The van der Waals surface area contributed by atoms with Crippen molar-refractivity contribution in [1.82, 2.24) is 5.32 Å². The number of ether oxygens (including phenoxy) is 1. The summed E-state index contributed by atoms with van der Waals surface area (Å²) in [6.45, 7) is 12.8. The molecule has 0 saturated carbocycles. The Morgan fingerprint density at radius 2 is 1.53 bits per heavy atom. The molecule has 4 nitrogen and oxygen atoms in total. The SMILES string of the molecule is CC(C)C(=O)N[C@@H](C(=O)OC(C)(C)C)C(C)C. The van der Waals surface area contributed by atoms with Crippen LogP contribution in [0.1, 0.15) is 48.5 Å². The molecule has 1 amide bonds. The van der Waals surface area contributed by atoms with Gasteiger partial charge in [0.2, 0.25) is 5.91 Å². The molecule has 0 aromatic heterocycles. The first-order valence-electron chi connectivity index (χ1n) is 6.08. The first kappa shape index (κ1) is 15.9. The van der Waals surface area contributed by atoms with E-state index >= 15 is 0 Å². The Labute approximate surface area is 104 Å². The number of hydrogen-bond donors (Lipinski definition) is 1. The van der Waals surface area contributed by atoms with E-state index in [2.05, 4.69) is 5.32 Å². The molecule has 0 unspecified atom stereocenters. The molecule has 1 N–H and O–H groups in total. The minimum atomic E-state index is -0.580. The van der Waals surface area contributed by atoms with Gasteiger partial charge in [0.25, 0.3) is 0 Å². The van der Waals surface area contributed by atoms with Gasteiger partial charge in [-0.2, -0.15) is 0 Å². The highest BCUT2D eigenvalue weighted by Crippen LogP contribution is 2.12. The van der Waals surface area contributed by atoms with Crippen LogP contribution in [0, 0.1) is 11.8 Å². The second kappa shape index (κ2) is 6.03. The third-order valence-corrected chi connectivity index (χ3v) is 2.15. The summed E-state index contributed by atoms with van der Waals surface area (Å²) in [6, 6.07) is -0.580. The van der Waals surface area contributed by atoms with Crippen molar-refractivity contribution in [3.63, 3.8) is 0 Å². The standard InChI is InChI=1S/C13H25NO3/c1-8(2)10(14-11(15)9(3)4)12(16)17-13(5,6)7/h8-10H,1-7H3,(H,14,15)/t10-/m1/s1. The van der Waals surface area contributed by atoms with Gasteiger partial charge in [0.15, 0.2) is 0 Å². The molecule has 0 aliphatic carbocycles. The largest absolute Gasteiger partial charge is 0.458 e. The van der Waals surface area contributed by atoms with Crippen molar-refractivity contribution in [2.75, 3.05) is 0 Å². The first-order chi connectivity index (χ1) is 7.54. The molecule has 100 valence electrons. The van der Waals surface area contributed by atoms with Crippen molar-refractivity contribution in [3.8, 4) is 0 Å². The van der Waals surface area contributed by atoms with Crippen LogP contribution in [0.15, 0.2) is 0 Å². The molecular weight excluding hydrogens is 218 g/mol. The Kier molecular flexibility index (Phi) is 5.66. The predicted octanol–water partition coefficient (Wildman–Crippen LogP) is 2.12. The fraction of sp³-hybridized carbons (Fsp3) is 0.846. The lowest BCUT2D eigenvalue weighted by Gasteiger charge is -2.27. The molecule has 0 fully saturated rings. The molecular formula is C13H25NO3. The zero-order chi connectivity index (χ0) is 13.8. The van der Waals surface area contributed by atoms with Gasteiger partial charge in [-0.15, -0.1) is 0 Å². The van der Waals surface area contributed by atoms with Gasteiger partial charge < -0.3 is 10.1 Å². The number of esters is 1. The second-order valence-corrected chi connectivity index (χ2v) is 5.92. The quantitative estimate of drug-likeness (QED) is 0.769. The monoisotopic (exact) mass is 243 g/mol. The molecule has 0 aliphatic heterocycles. The van der Waals surface area contributed by atoms with E-state index in [1.165, 1.54) is 0 Å². The van der Waals surface area contributed by atoms with Crippen molar-refractivity contribution in [1.29, 1.82) is 0 Å². The molecule has 0 spiro atoms. The molecule has 0 saturated heterocycles. The van der Waals surface area contributed by atoms with Crippen LogP contribution in [0.3, 0.4) is 0 Å². The van der Waals surface area contributed by atoms with E-state index in [9.17, 15) is 9.59 Å². The average molecular weight is 243 g/mol. The lowest BCUT2D eigenvalue weighted by molar-refractivity contribution is -0.160. The molecule has 4 heteroatoms. The summed E-state index contributed by atoms with van der Waals surface area (Å²) in [5, 5.41) is 2.72. The lowest BCUT2D eigenvalue weighted by Crippen LogP contribution is -2.48. The van der Waals surface area contributed by atoms with Crippen LogP contribution in [0.4, 0.5) is 0 Å². The number of carbonyl (C=O) groups is 2. The smallest absolute Gasteiger partial charge is 0.329 e. The maximum atomic E-state index is 11.9. The zero-order valence-corrected chi connectivity index (χ0v) is 12.0. The molecule has 0 radical (unpaired) electrons. The molecule has 0 bridgehead atoms. The summed E-state index contributed by atoms with van der Waals surface area (Å²) in [5.74, 6) is -0.637. The highest BCUT2D eigenvalue weighted by Gasteiger charge is 2.29. The summed E-state index contributed by atoms with van der Waals surface area (Å²) < 4.78 is 5.29. The van der Waals surface area contributed by atoms with Gasteiger partial charge in [0.1, 0.15) is 11.6 Å².